The number of nitrogens with one attached hydrogen (secondary N) is 1. The molecule has 2 rings (SSSR count). The molecule has 20 heavy (non-hydrogen) atoms. The second kappa shape index (κ2) is 7.15. The highest BCUT2D eigenvalue weighted by molar-refractivity contribution is 5.85. The number of likely N-dealkylation sites (tertiary alicyclic amines) is 1. The van der Waals surface area contributed by atoms with Crippen molar-refractivity contribution in [3.8, 4) is 5.75 Å². The second-order valence-corrected chi connectivity index (χ2v) is 4.70. The van der Waals surface area contributed by atoms with Crippen molar-refractivity contribution < 1.29 is 17.9 Å². The molecule has 0 saturated carbocycles. The van der Waals surface area contributed by atoms with Crippen LogP contribution in [0.2, 0.25) is 0 Å². The molecule has 1 aromatic carbocycles. The molecule has 1 aliphatic rings. The van der Waals surface area contributed by atoms with E-state index in [1.807, 2.05) is 7.05 Å². The van der Waals surface area contributed by atoms with E-state index in [4.69, 9.17) is 0 Å². The summed E-state index contributed by atoms with van der Waals surface area (Å²) in [5, 5.41) is 3.23. The molecule has 1 heterocycles. The van der Waals surface area contributed by atoms with Gasteiger partial charge in [-0.1, -0.05) is 12.1 Å². The summed E-state index contributed by atoms with van der Waals surface area (Å²) in [5.41, 5.74) is 0.992. The van der Waals surface area contributed by atoms with Gasteiger partial charge in [0.25, 0.3) is 0 Å². The first kappa shape index (κ1) is 17.1. The minimum atomic E-state index is -4.63. The van der Waals surface area contributed by atoms with Gasteiger partial charge in [0.1, 0.15) is 5.75 Å². The third kappa shape index (κ3) is 5.19. The van der Waals surface area contributed by atoms with Crippen LogP contribution < -0.4 is 10.1 Å². The summed E-state index contributed by atoms with van der Waals surface area (Å²) in [4.78, 5) is 2.28. The van der Waals surface area contributed by atoms with Gasteiger partial charge in [0.05, 0.1) is 0 Å². The highest BCUT2D eigenvalue weighted by atomic mass is 35.5. The maximum atomic E-state index is 12.0. The van der Waals surface area contributed by atoms with Crippen molar-refractivity contribution in [1.82, 2.24) is 10.2 Å². The molecule has 1 N–H and O–H groups in total. The predicted octanol–water partition coefficient (Wildman–Crippen LogP) is 2.80. The molecule has 1 saturated heterocycles. The van der Waals surface area contributed by atoms with Crippen molar-refractivity contribution in [1.29, 1.82) is 0 Å². The molecule has 3 nitrogen and oxygen atoms in total. The van der Waals surface area contributed by atoms with Crippen LogP contribution in [-0.2, 0) is 6.54 Å². The predicted molar refractivity (Wildman–Crippen MR) is 73.1 cm³/mol. The summed E-state index contributed by atoms with van der Waals surface area (Å²) < 4.78 is 39.9. The molecule has 1 unspecified atom stereocenters. The largest absolute Gasteiger partial charge is 0.573 e. The maximum Gasteiger partial charge on any atom is 0.573 e. The van der Waals surface area contributed by atoms with Crippen LogP contribution in [-0.4, -0.2) is 37.4 Å². The summed E-state index contributed by atoms with van der Waals surface area (Å²) in [6, 6.07) is 6.57. The minimum Gasteiger partial charge on any atom is -0.406 e. The highest BCUT2D eigenvalue weighted by Crippen LogP contribution is 2.23. The molecule has 1 fully saturated rings. The maximum absolute atomic E-state index is 12.0. The van der Waals surface area contributed by atoms with Crippen molar-refractivity contribution >= 4 is 12.4 Å². The summed E-state index contributed by atoms with van der Waals surface area (Å²) in [6.07, 6.45) is -3.53. The van der Waals surface area contributed by atoms with Crippen LogP contribution in [0.1, 0.15) is 12.0 Å². The zero-order valence-electron chi connectivity index (χ0n) is 11.1. The fourth-order valence-corrected chi connectivity index (χ4v) is 2.27. The van der Waals surface area contributed by atoms with Crippen LogP contribution in [0, 0.1) is 0 Å². The molecule has 7 heteroatoms. The Bertz CT molecular complexity index is 411. The van der Waals surface area contributed by atoms with Gasteiger partial charge in [-0.3, -0.25) is 4.90 Å². The van der Waals surface area contributed by atoms with Crippen LogP contribution in [0.25, 0.3) is 0 Å². The smallest absolute Gasteiger partial charge is 0.406 e. The molecular weight excluding hydrogens is 293 g/mol. The Morgan fingerprint density at radius 3 is 2.45 bits per heavy atom. The molecule has 0 spiro atoms. The average molecular weight is 311 g/mol. The van der Waals surface area contributed by atoms with E-state index in [0.717, 1.165) is 31.6 Å². The molecule has 1 aromatic rings. The number of halogens is 4. The van der Waals surface area contributed by atoms with Gasteiger partial charge in [0.15, 0.2) is 0 Å². The van der Waals surface area contributed by atoms with E-state index in [9.17, 15) is 13.2 Å². The normalized spacial score (nSPS) is 19.7. The van der Waals surface area contributed by atoms with Crippen molar-refractivity contribution in [2.24, 2.45) is 0 Å². The van der Waals surface area contributed by atoms with Gasteiger partial charge in [0.2, 0.25) is 0 Å². The van der Waals surface area contributed by atoms with Gasteiger partial charge >= 0.3 is 6.36 Å². The third-order valence-corrected chi connectivity index (χ3v) is 3.24. The van der Waals surface area contributed by atoms with Crippen molar-refractivity contribution in [3.63, 3.8) is 0 Å². The Labute approximate surface area is 122 Å². The van der Waals surface area contributed by atoms with E-state index >= 15 is 0 Å². The Hall–Kier alpha value is -0.980. The molecule has 1 aliphatic heterocycles. The number of rotatable bonds is 4. The zero-order chi connectivity index (χ0) is 13.9. The molecule has 0 radical (unpaired) electrons. The first-order valence-electron chi connectivity index (χ1n) is 6.20. The van der Waals surface area contributed by atoms with Crippen LogP contribution in [0.4, 0.5) is 13.2 Å². The molecular formula is C13H18ClF3N2O. The fraction of sp³-hybridized carbons (Fsp3) is 0.538. The molecule has 0 amide bonds. The summed E-state index contributed by atoms with van der Waals surface area (Å²) in [5.74, 6) is -0.175. The van der Waals surface area contributed by atoms with Crippen LogP contribution >= 0.6 is 12.4 Å². The molecule has 0 aromatic heterocycles. The van der Waals surface area contributed by atoms with E-state index in [1.165, 1.54) is 12.1 Å². The number of nitrogens with zero attached hydrogens (tertiary/aromatic N) is 1. The standard InChI is InChI=1S/C13H17F3N2O.ClH/c1-17-11-6-7-18(9-11)8-10-2-4-12(5-3-10)19-13(14,15)16;/h2-5,11,17H,6-9H2,1H3;1H. The van der Waals surface area contributed by atoms with Crippen LogP contribution in [0.5, 0.6) is 5.75 Å². The lowest BCUT2D eigenvalue weighted by Crippen LogP contribution is -2.29. The van der Waals surface area contributed by atoms with Gasteiger partial charge in [0, 0.05) is 25.7 Å². The van der Waals surface area contributed by atoms with Crippen LogP contribution in [0.3, 0.4) is 0 Å². The van der Waals surface area contributed by atoms with Gasteiger partial charge < -0.3 is 10.1 Å². The van der Waals surface area contributed by atoms with E-state index in [1.54, 1.807) is 12.1 Å². The molecule has 1 atom stereocenters. The number of hydrogen-bond donors (Lipinski definition) is 1. The van der Waals surface area contributed by atoms with Crippen molar-refractivity contribution in [2.45, 2.75) is 25.4 Å². The van der Waals surface area contributed by atoms with E-state index in [0.29, 0.717) is 6.04 Å². The first-order valence-corrected chi connectivity index (χ1v) is 6.20. The van der Waals surface area contributed by atoms with E-state index < -0.39 is 6.36 Å². The number of hydrogen-bond acceptors (Lipinski definition) is 3. The molecule has 114 valence electrons. The lowest BCUT2D eigenvalue weighted by molar-refractivity contribution is -0.274. The Morgan fingerprint density at radius 1 is 1.30 bits per heavy atom. The quantitative estimate of drug-likeness (QED) is 0.925. The summed E-state index contributed by atoms with van der Waals surface area (Å²) in [7, 11) is 1.94. The lowest BCUT2D eigenvalue weighted by atomic mass is 10.2. The number of ether oxygens (including phenoxy) is 1. The highest BCUT2D eigenvalue weighted by Gasteiger charge is 2.31. The Balaban J connectivity index is 0.00000200. The third-order valence-electron chi connectivity index (χ3n) is 3.24. The zero-order valence-corrected chi connectivity index (χ0v) is 11.9. The summed E-state index contributed by atoms with van der Waals surface area (Å²) >= 11 is 0. The second-order valence-electron chi connectivity index (χ2n) is 4.70. The van der Waals surface area contributed by atoms with Gasteiger partial charge in [-0.25, -0.2) is 0 Å². The Morgan fingerprint density at radius 2 is 1.95 bits per heavy atom. The average Bonchev–Trinajstić information content (AvgIpc) is 2.77. The number of benzene rings is 1. The summed E-state index contributed by atoms with van der Waals surface area (Å²) in [6.45, 7) is 2.73. The van der Waals surface area contributed by atoms with Crippen LogP contribution in [0.15, 0.2) is 24.3 Å². The van der Waals surface area contributed by atoms with Gasteiger partial charge in [-0.05, 0) is 31.2 Å². The SMILES string of the molecule is CNC1CCN(Cc2ccc(OC(F)(F)F)cc2)C1.Cl. The monoisotopic (exact) mass is 310 g/mol. The molecule has 0 bridgehead atoms. The topological polar surface area (TPSA) is 24.5 Å². The van der Waals surface area contributed by atoms with E-state index in [-0.39, 0.29) is 18.2 Å². The van der Waals surface area contributed by atoms with Crippen molar-refractivity contribution in [3.05, 3.63) is 29.8 Å². The number of alkyl halides is 3. The Kier molecular flexibility index (Phi) is 6.10. The minimum absolute atomic E-state index is 0. The number of likely N-dealkylation sites (N-methyl/N-ethyl adjacent to an activating group) is 1. The molecule has 0 aliphatic carbocycles. The van der Waals surface area contributed by atoms with Gasteiger partial charge in [-0.2, -0.15) is 0 Å². The van der Waals surface area contributed by atoms with E-state index in [2.05, 4.69) is 15.0 Å². The van der Waals surface area contributed by atoms with Crippen molar-refractivity contribution in [2.75, 3.05) is 20.1 Å². The van der Waals surface area contributed by atoms with Gasteiger partial charge in [-0.15, -0.1) is 25.6 Å². The fourth-order valence-electron chi connectivity index (χ4n) is 2.27. The lowest BCUT2D eigenvalue weighted by Gasteiger charge is -2.16. The first-order chi connectivity index (χ1) is 8.96.